The second-order valence-electron chi connectivity index (χ2n) is 4.52. The number of carboxylic acids is 1. The van der Waals surface area contributed by atoms with E-state index in [1.807, 2.05) is 37.3 Å². The molecule has 0 bridgehead atoms. The first kappa shape index (κ1) is 15.2. The molecule has 0 aliphatic heterocycles. The van der Waals surface area contributed by atoms with Crippen LogP contribution in [0.15, 0.2) is 35.7 Å². The Morgan fingerprint density at radius 2 is 2.05 bits per heavy atom. The van der Waals surface area contributed by atoms with Crippen LogP contribution in [0, 0.1) is 0 Å². The summed E-state index contributed by atoms with van der Waals surface area (Å²) in [6.07, 6.45) is 0.702. The van der Waals surface area contributed by atoms with E-state index in [9.17, 15) is 9.59 Å². The molecular formula is C15H16N2O3S. The maximum Gasteiger partial charge on any atom is 0.355 e. The number of carboxylic acid groups (broad SMARTS) is 1. The number of amides is 1. The van der Waals surface area contributed by atoms with Gasteiger partial charge < -0.3 is 10.4 Å². The van der Waals surface area contributed by atoms with Gasteiger partial charge in [-0.1, -0.05) is 37.3 Å². The molecule has 1 aromatic heterocycles. The van der Waals surface area contributed by atoms with Crippen molar-refractivity contribution in [1.29, 1.82) is 0 Å². The van der Waals surface area contributed by atoms with Crippen molar-refractivity contribution < 1.29 is 14.7 Å². The lowest BCUT2D eigenvalue weighted by Crippen LogP contribution is -2.28. The van der Waals surface area contributed by atoms with Gasteiger partial charge in [-0.2, -0.15) is 0 Å². The molecule has 0 radical (unpaired) electrons. The molecule has 0 saturated heterocycles. The van der Waals surface area contributed by atoms with Gasteiger partial charge in [0.25, 0.3) is 0 Å². The number of hydrogen-bond acceptors (Lipinski definition) is 4. The molecule has 21 heavy (non-hydrogen) atoms. The summed E-state index contributed by atoms with van der Waals surface area (Å²) < 4.78 is 0. The van der Waals surface area contributed by atoms with Crippen LogP contribution >= 0.6 is 11.3 Å². The molecule has 2 aromatic rings. The Balaban J connectivity index is 1.98. The summed E-state index contributed by atoms with van der Waals surface area (Å²) in [6.45, 7) is 2.21. The van der Waals surface area contributed by atoms with Gasteiger partial charge in [-0.05, 0) is 12.0 Å². The Morgan fingerprint density at radius 1 is 1.33 bits per heavy atom. The molecule has 1 aromatic carbocycles. The van der Waals surface area contributed by atoms with Crippen molar-refractivity contribution in [2.45, 2.75) is 25.8 Å². The van der Waals surface area contributed by atoms with E-state index in [2.05, 4.69) is 10.3 Å². The smallest absolute Gasteiger partial charge is 0.355 e. The summed E-state index contributed by atoms with van der Waals surface area (Å²) in [7, 11) is 0. The summed E-state index contributed by atoms with van der Waals surface area (Å²) in [5.41, 5.74) is 0.988. The van der Waals surface area contributed by atoms with Crippen LogP contribution in [0.3, 0.4) is 0 Å². The van der Waals surface area contributed by atoms with E-state index in [-0.39, 0.29) is 24.1 Å². The number of aromatic carboxylic acids is 1. The average Bonchev–Trinajstić information content (AvgIpc) is 2.96. The van der Waals surface area contributed by atoms with Crippen molar-refractivity contribution in [3.05, 3.63) is 52.0 Å². The molecular weight excluding hydrogens is 288 g/mol. The topological polar surface area (TPSA) is 79.3 Å². The number of nitrogens with zero attached hydrogens (tertiary/aromatic N) is 1. The molecule has 0 fully saturated rings. The van der Waals surface area contributed by atoms with E-state index >= 15 is 0 Å². The van der Waals surface area contributed by atoms with Crippen molar-refractivity contribution in [1.82, 2.24) is 10.3 Å². The summed E-state index contributed by atoms with van der Waals surface area (Å²) in [5, 5.41) is 13.7. The van der Waals surface area contributed by atoms with Crippen LogP contribution in [0.5, 0.6) is 0 Å². The normalized spacial score (nSPS) is 11.9. The zero-order chi connectivity index (χ0) is 15.2. The van der Waals surface area contributed by atoms with Crippen LogP contribution in [-0.4, -0.2) is 22.0 Å². The third-order valence-corrected chi connectivity index (χ3v) is 3.96. The Morgan fingerprint density at radius 3 is 2.62 bits per heavy atom. The highest BCUT2D eigenvalue weighted by Crippen LogP contribution is 2.19. The Labute approximate surface area is 126 Å². The maximum absolute atomic E-state index is 12.2. The van der Waals surface area contributed by atoms with Crippen LogP contribution in [0.25, 0.3) is 0 Å². The fourth-order valence-electron chi connectivity index (χ4n) is 2.03. The summed E-state index contributed by atoms with van der Waals surface area (Å²) in [4.78, 5) is 26.9. The van der Waals surface area contributed by atoms with E-state index in [4.69, 9.17) is 5.11 Å². The van der Waals surface area contributed by atoms with Gasteiger partial charge >= 0.3 is 5.97 Å². The lowest BCUT2D eigenvalue weighted by atomic mass is 9.96. The van der Waals surface area contributed by atoms with E-state index in [0.29, 0.717) is 11.4 Å². The van der Waals surface area contributed by atoms with E-state index in [1.165, 1.54) is 16.7 Å². The van der Waals surface area contributed by atoms with Gasteiger partial charge in [0.2, 0.25) is 5.91 Å². The largest absolute Gasteiger partial charge is 0.476 e. The van der Waals surface area contributed by atoms with Crippen LogP contribution in [-0.2, 0) is 11.3 Å². The molecule has 0 aliphatic rings. The second kappa shape index (κ2) is 6.99. The summed E-state index contributed by atoms with van der Waals surface area (Å²) in [6, 6.07) is 9.59. The Hall–Kier alpha value is -2.21. The number of rotatable bonds is 6. The lowest BCUT2D eigenvalue weighted by Gasteiger charge is -2.14. The van der Waals surface area contributed by atoms with Crippen LogP contribution in [0.1, 0.15) is 40.3 Å². The molecule has 1 amide bonds. The van der Waals surface area contributed by atoms with Gasteiger partial charge in [-0.25, -0.2) is 9.78 Å². The zero-order valence-corrected chi connectivity index (χ0v) is 12.4. The van der Waals surface area contributed by atoms with Crippen molar-refractivity contribution in [3.63, 3.8) is 0 Å². The fraction of sp³-hybridized carbons (Fsp3) is 0.267. The molecule has 2 N–H and O–H groups in total. The number of aromatic nitrogens is 1. The van der Waals surface area contributed by atoms with E-state index < -0.39 is 5.97 Å². The minimum Gasteiger partial charge on any atom is -0.476 e. The summed E-state index contributed by atoms with van der Waals surface area (Å²) in [5.74, 6) is -1.33. The van der Waals surface area contributed by atoms with E-state index in [1.54, 1.807) is 0 Å². The first-order valence-electron chi connectivity index (χ1n) is 6.62. The Bertz CT molecular complexity index is 625. The number of benzene rings is 1. The first-order chi connectivity index (χ1) is 10.1. The van der Waals surface area contributed by atoms with Gasteiger partial charge in [-0.3, -0.25) is 4.79 Å². The quantitative estimate of drug-likeness (QED) is 0.860. The fourth-order valence-corrected chi connectivity index (χ4v) is 2.74. The third kappa shape index (κ3) is 3.88. The number of thiazole rings is 1. The number of carbonyl (C=O) groups excluding carboxylic acids is 1. The van der Waals surface area contributed by atoms with Crippen molar-refractivity contribution >= 4 is 23.2 Å². The molecule has 0 aliphatic carbocycles. The molecule has 1 heterocycles. The average molecular weight is 304 g/mol. The maximum atomic E-state index is 12.2. The number of hydrogen-bond donors (Lipinski definition) is 2. The van der Waals surface area contributed by atoms with Crippen LogP contribution in [0.2, 0.25) is 0 Å². The molecule has 1 atom stereocenters. The monoisotopic (exact) mass is 304 g/mol. The van der Waals surface area contributed by atoms with Gasteiger partial charge in [-0.15, -0.1) is 11.3 Å². The van der Waals surface area contributed by atoms with Crippen LogP contribution in [0.4, 0.5) is 0 Å². The van der Waals surface area contributed by atoms with Crippen molar-refractivity contribution in [2.24, 2.45) is 0 Å². The molecule has 0 spiro atoms. The highest BCUT2D eigenvalue weighted by atomic mass is 32.1. The molecule has 2 rings (SSSR count). The minimum absolute atomic E-state index is 0.0133. The standard InChI is InChI=1S/C15H16N2O3S/c1-2-11(10-6-4-3-5-7-10)14(18)16-8-13-17-12(9-21-13)15(19)20/h3-7,9,11H,2,8H2,1H3,(H,16,18)(H,19,20). The Kier molecular flexibility index (Phi) is 5.05. The number of carbonyl (C=O) groups is 2. The predicted octanol–water partition coefficient (Wildman–Crippen LogP) is 2.65. The molecule has 110 valence electrons. The minimum atomic E-state index is -1.06. The first-order valence-corrected chi connectivity index (χ1v) is 7.50. The molecule has 6 heteroatoms. The molecule has 1 unspecified atom stereocenters. The highest BCUT2D eigenvalue weighted by Gasteiger charge is 2.18. The third-order valence-electron chi connectivity index (χ3n) is 3.11. The van der Waals surface area contributed by atoms with Gasteiger partial charge in [0.1, 0.15) is 5.01 Å². The molecule has 0 saturated carbocycles. The van der Waals surface area contributed by atoms with E-state index in [0.717, 1.165) is 5.56 Å². The van der Waals surface area contributed by atoms with Crippen molar-refractivity contribution in [2.75, 3.05) is 0 Å². The zero-order valence-electron chi connectivity index (χ0n) is 11.6. The molecule has 5 nitrogen and oxygen atoms in total. The van der Waals surface area contributed by atoms with Gasteiger partial charge in [0.05, 0.1) is 12.5 Å². The second-order valence-corrected chi connectivity index (χ2v) is 5.46. The highest BCUT2D eigenvalue weighted by molar-refractivity contribution is 7.09. The SMILES string of the molecule is CCC(C(=O)NCc1nc(C(=O)O)cs1)c1ccccc1. The van der Waals surface area contributed by atoms with Gasteiger partial charge in [0, 0.05) is 5.38 Å². The summed E-state index contributed by atoms with van der Waals surface area (Å²) >= 11 is 1.23. The predicted molar refractivity (Wildman–Crippen MR) is 80.4 cm³/mol. The van der Waals surface area contributed by atoms with Crippen molar-refractivity contribution in [3.8, 4) is 0 Å². The lowest BCUT2D eigenvalue weighted by molar-refractivity contribution is -0.122. The van der Waals surface area contributed by atoms with Gasteiger partial charge in [0.15, 0.2) is 5.69 Å². The van der Waals surface area contributed by atoms with Crippen LogP contribution < -0.4 is 5.32 Å². The number of nitrogens with one attached hydrogen (secondary N) is 1.